The molecule has 100 valence electrons. The molecule has 1 aliphatic heterocycles. The number of nitrogens with one attached hydrogen (secondary N) is 1. The van der Waals surface area contributed by atoms with Crippen LogP contribution in [0.4, 0.5) is 5.69 Å². The molecule has 1 N–H and O–H groups in total. The number of ether oxygens (including phenoxy) is 1. The summed E-state index contributed by atoms with van der Waals surface area (Å²) < 4.78 is 4.95. The van der Waals surface area contributed by atoms with Crippen LogP contribution in [-0.4, -0.2) is 22.8 Å². The van der Waals surface area contributed by atoms with E-state index in [0.717, 1.165) is 11.3 Å². The van der Waals surface area contributed by atoms with Gasteiger partial charge < -0.3 is 10.1 Å². The number of anilines is 1. The van der Waals surface area contributed by atoms with Crippen molar-refractivity contribution in [2.24, 2.45) is 0 Å². The number of carbonyl (C=O) groups excluding carboxylic acids is 3. The number of rotatable bonds is 2. The number of hydrogen-bond donors (Lipinski definition) is 1. The molecule has 1 amide bonds. The monoisotopic (exact) mass is 308 g/mol. The van der Waals surface area contributed by atoms with Crippen LogP contribution in [0.3, 0.4) is 0 Å². The first kappa shape index (κ1) is 12.8. The summed E-state index contributed by atoms with van der Waals surface area (Å²) in [5, 5.41) is 2.52. The first-order valence-electron chi connectivity index (χ1n) is 5.37. The SMILES string of the molecule is O=C(Nc1cncc2c1C(=O)OC2=O)c1ccc(Cl)s1. The van der Waals surface area contributed by atoms with E-state index in [9.17, 15) is 14.4 Å². The number of cyclic esters (lactones) is 2. The lowest BCUT2D eigenvalue weighted by Crippen LogP contribution is -2.13. The highest BCUT2D eigenvalue weighted by Gasteiger charge is 2.33. The van der Waals surface area contributed by atoms with Crippen molar-refractivity contribution in [1.29, 1.82) is 0 Å². The van der Waals surface area contributed by atoms with Crippen LogP contribution < -0.4 is 5.32 Å². The molecule has 2 aromatic rings. The predicted octanol–water partition coefficient (Wildman–Crippen LogP) is 2.36. The van der Waals surface area contributed by atoms with Gasteiger partial charge in [-0.25, -0.2) is 9.59 Å². The Morgan fingerprint density at radius 3 is 2.75 bits per heavy atom. The number of carbonyl (C=O) groups is 3. The van der Waals surface area contributed by atoms with Crippen LogP contribution in [0, 0.1) is 0 Å². The number of halogens is 1. The molecule has 0 bridgehead atoms. The third-order valence-corrected chi connectivity index (χ3v) is 3.83. The van der Waals surface area contributed by atoms with Crippen molar-refractivity contribution in [2.45, 2.75) is 0 Å². The molecule has 8 heteroatoms. The zero-order chi connectivity index (χ0) is 14.3. The average Bonchev–Trinajstić information content (AvgIpc) is 2.96. The summed E-state index contributed by atoms with van der Waals surface area (Å²) in [6.07, 6.45) is 2.51. The topological polar surface area (TPSA) is 85.4 Å². The molecule has 3 rings (SSSR count). The van der Waals surface area contributed by atoms with E-state index in [4.69, 9.17) is 11.6 Å². The largest absolute Gasteiger partial charge is 0.386 e. The maximum atomic E-state index is 12.0. The van der Waals surface area contributed by atoms with Gasteiger partial charge in [-0.2, -0.15) is 0 Å². The van der Waals surface area contributed by atoms with Crippen LogP contribution in [0.15, 0.2) is 24.5 Å². The summed E-state index contributed by atoms with van der Waals surface area (Å²) in [6, 6.07) is 3.15. The molecule has 1 aliphatic rings. The van der Waals surface area contributed by atoms with Crippen LogP contribution in [-0.2, 0) is 4.74 Å². The van der Waals surface area contributed by atoms with E-state index in [1.54, 1.807) is 12.1 Å². The minimum Gasteiger partial charge on any atom is -0.386 e. The third-order valence-electron chi connectivity index (χ3n) is 2.60. The van der Waals surface area contributed by atoms with Crippen LogP contribution >= 0.6 is 22.9 Å². The Balaban J connectivity index is 1.95. The number of esters is 2. The minimum absolute atomic E-state index is 0.0148. The van der Waals surface area contributed by atoms with Gasteiger partial charge in [0.05, 0.1) is 26.7 Å². The highest BCUT2D eigenvalue weighted by Crippen LogP contribution is 2.28. The number of hydrogen-bond acceptors (Lipinski definition) is 6. The quantitative estimate of drug-likeness (QED) is 0.680. The molecule has 2 aromatic heterocycles. The molecular formula is C12H5ClN2O4S. The van der Waals surface area contributed by atoms with Gasteiger partial charge in [0, 0.05) is 6.20 Å². The van der Waals surface area contributed by atoms with Crippen molar-refractivity contribution in [3.05, 3.63) is 44.9 Å². The summed E-state index contributed by atoms with van der Waals surface area (Å²) in [5.74, 6) is -2.01. The first-order chi connectivity index (χ1) is 9.56. The Morgan fingerprint density at radius 2 is 2.05 bits per heavy atom. The molecule has 0 radical (unpaired) electrons. The predicted molar refractivity (Wildman–Crippen MR) is 71.3 cm³/mol. The van der Waals surface area contributed by atoms with E-state index < -0.39 is 17.8 Å². The van der Waals surface area contributed by atoms with Gasteiger partial charge in [0.1, 0.15) is 5.56 Å². The molecule has 0 atom stereocenters. The Labute approximate surface area is 121 Å². The lowest BCUT2D eigenvalue weighted by Gasteiger charge is -2.05. The summed E-state index contributed by atoms with van der Waals surface area (Å²) in [4.78, 5) is 39.1. The molecule has 0 spiro atoms. The van der Waals surface area contributed by atoms with Crippen LogP contribution in [0.2, 0.25) is 4.34 Å². The molecule has 0 fully saturated rings. The normalized spacial score (nSPS) is 13.1. The van der Waals surface area contributed by atoms with Crippen molar-refractivity contribution >= 4 is 46.5 Å². The maximum Gasteiger partial charge on any atom is 0.349 e. The molecule has 3 heterocycles. The molecule has 6 nitrogen and oxygen atoms in total. The van der Waals surface area contributed by atoms with Crippen molar-refractivity contribution in [3.63, 3.8) is 0 Å². The number of aromatic nitrogens is 1. The van der Waals surface area contributed by atoms with E-state index in [-0.39, 0.29) is 16.8 Å². The molecule has 0 aromatic carbocycles. The van der Waals surface area contributed by atoms with Gasteiger partial charge in [0.2, 0.25) is 0 Å². The number of amides is 1. The maximum absolute atomic E-state index is 12.0. The van der Waals surface area contributed by atoms with E-state index in [1.807, 2.05) is 0 Å². The highest BCUT2D eigenvalue weighted by atomic mass is 35.5. The lowest BCUT2D eigenvalue weighted by atomic mass is 10.1. The second-order valence-corrected chi connectivity index (χ2v) is 5.56. The Kier molecular flexibility index (Phi) is 3.00. The highest BCUT2D eigenvalue weighted by molar-refractivity contribution is 7.18. The van der Waals surface area contributed by atoms with Gasteiger partial charge in [0.15, 0.2) is 0 Å². The molecular weight excluding hydrogens is 304 g/mol. The van der Waals surface area contributed by atoms with E-state index >= 15 is 0 Å². The smallest absolute Gasteiger partial charge is 0.349 e. The second-order valence-electron chi connectivity index (χ2n) is 3.84. The average molecular weight is 309 g/mol. The van der Waals surface area contributed by atoms with Crippen LogP contribution in [0.1, 0.15) is 30.4 Å². The van der Waals surface area contributed by atoms with Crippen molar-refractivity contribution in [3.8, 4) is 0 Å². The minimum atomic E-state index is -0.799. The van der Waals surface area contributed by atoms with Gasteiger partial charge >= 0.3 is 11.9 Å². The van der Waals surface area contributed by atoms with Gasteiger partial charge in [-0.1, -0.05) is 11.6 Å². The van der Waals surface area contributed by atoms with Crippen molar-refractivity contribution in [2.75, 3.05) is 5.32 Å². The zero-order valence-corrected chi connectivity index (χ0v) is 11.2. The number of nitrogens with zero attached hydrogens (tertiary/aromatic N) is 1. The fourth-order valence-corrected chi connectivity index (χ4v) is 2.68. The Bertz CT molecular complexity index is 756. The van der Waals surface area contributed by atoms with E-state index in [1.165, 1.54) is 12.4 Å². The van der Waals surface area contributed by atoms with Crippen LogP contribution in [0.5, 0.6) is 0 Å². The number of thiophene rings is 1. The van der Waals surface area contributed by atoms with Gasteiger partial charge in [-0.05, 0) is 12.1 Å². The standard InChI is InChI=1S/C12H5ClN2O4S/c13-8-2-1-7(20-8)10(16)15-6-4-14-3-5-9(6)12(18)19-11(5)17/h1-4H,(H,15,16). The van der Waals surface area contributed by atoms with Crippen molar-refractivity contribution in [1.82, 2.24) is 4.98 Å². The first-order valence-corrected chi connectivity index (χ1v) is 6.57. The summed E-state index contributed by atoms with van der Waals surface area (Å²) in [5.41, 5.74) is 0.186. The molecule has 20 heavy (non-hydrogen) atoms. The summed E-state index contributed by atoms with van der Waals surface area (Å²) >= 11 is 6.85. The van der Waals surface area contributed by atoms with Gasteiger partial charge in [-0.3, -0.25) is 9.78 Å². The molecule has 0 aliphatic carbocycles. The van der Waals surface area contributed by atoms with Crippen LogP contribution in [0.25, 0.3) is 0 Å². The number of fused-ring (bicyclic) bond motifs is 1. The molecule has 0 saturated heterocycles. The third kappa shape index (κ3) is 2.06. The molecule has 0 unspecified atom stereocenters. The lowest BCUT2D eigenvalue weighted by molar-refractivity contribution is 0.0444. The zero-order valence-electron chi connectivity index (χ0n) is 9.68. The second kappa shape index (κ2) is 4.69. The van der Waals surface area contributed by atoms with E-state index in [2.05, 4.69) is 15.0 Å². The fourth-order valence-electron chi connectivity index (χ4n) is 1.74. The summed E-state index contributed by atoms with van der Waals surface area (Å²) in [6.45, 7) is 0. The van der Waals surface area contributed by atoms with Crippen molar-refractivity contribution < 1.29 is 19.1 Å². The number of pyridine rings is 1. The summed E-state index contributed by atoms with van der Waals surface area (Å²) in [7, 11) is 0. The molecule has 0 saturated carbocycles. The fraction of sp³-hybridized carbons (Fsp3) is 0. The van der Waals surface area contributed by atoms with Gasteiger partial charge in [-0.15, -0.1) is 11.3 Å². The van der Waals surface area contributed by atoms with Gasteiger partial charge in [0.25, 0.3) is 5.91 Å². The Morgan fingerprint density at radius 1 is 1.25 bits per heavy atom. The Hall–Kier alpha value is -2.25. The van der Waals surface area contributed by atoms with E-state index in [0.29, 0.717) is 9.21 Å².